The first-order chi connectivity index (χ1) is 25.5. The Labute approximate surface area is 313 Å². The van der Waals surface area contributed by atoms with E-state index in [-0.39, 0.29) is 4.88 Å². The van der Waals surface area contributed by atoms with Crippen LogP contribution in [0.5, 0.6) is 0 Å². The van der Waals surface area contributed by atoms with Gasteiger partial charge in [0.25, 0.3) is 0 Å². The topological polar surface area (TPSA) is 138 Å². The number of carbonyl (C=O) groups excluding carboxylic acids is 2. The number of nitrogens with zero attached hydrogens (tertiary/aromatic N) is 2. The molecule has 288 valence electrons. The van der Waals surface area contributed by atoms with E-state index in [9.17, 15) is 49.5 Å². The highest BCUT2D eigenvalue weighted by Crippen LogP contribution is 2.41. The van der Waals surface area contributed by atoms with E-state index >= 15 is 0 Å². The molecule has 0 spiro atoms. The molecular weight excluding hydrogens is 783 g/mol. The van der Waals surface area contributed by atoms with Crippen molar-refractivity contribution in [3.05, 3.63) is 117 Å². The summed E-state index contributed by atoms with van der Waals surface area (Å²) in [5.41, 5.74) is 2.83. The van der Waals surface area contributed by atoms with Crippen molar-refractivity contribution in [2.75, 3.05) is 20.3 Å². The third-order valence-electron chi connectivity index (χ3n) is 8.31. The number of carbonyl (C=O) groups is 2. The number of alkyl halides is 6. The average molecular weight is 815 g/mol. The molecule has 0 bridgehead atoms. The van der Waals surface area contributed by atoms with E-state index in [1.54, 1.807) is 60.7 Å². The number of ether oxygens (including phenoxy) is 1. The fourth-order valence-electron chi connectivity index (χ4n) is 5.77. The zero-order valence-corrected chi connectivity index (χ0v) is 30.5. The number of alkyl carbamates (subject to hydrolysis) is 1. The van der Waals surface area contributed by atoms with Gasteiger partial charge < -0.3 is 20.5 Å². The predicted octanol–water partition coefficient (Wildman–Crippen LogP) is 7.31. The number of fused-ring (bicyclic) bond motifs is 1. The number of aromatic nitrogens is 1. The summed E-state index contributed by atoms with van der Waals surface area (Å²) in [6.07, 6.45) is -12.7. The number of aliphatic hydroxyl groups excluding tert-OH is 1. The molecule has 5 aromatic rings. The molecule has 2 heterocycles. The molecule has 0 saturated heterocycles. The van der Waals surface area contributed by atoms with Gasteiger partial charge in [0.2, 0.25) is 15.9 Å². The van der Waals surface area contributed by atoms with Crippen LogP contribution in [0.4, 0.5) is 31.1 Å². The lowest BCUT2D eigenvalue weighted by Crippen LogP contribution is -2.52. The maximum atomic E-state index is 14.8. The summed E-state index contributed by atoms with van der Waals surface area (Å²) < 4.78 is 118. The van der Waals surface area contributed by atoms with Crippen molar-refractivity contribution in [1.82, 2.24) is 19.9 Å². The third-order valence-corrected chi connectivity index (χ3v) is 12.3. The lowest BCUT2D eigenvalue weighted by Gasteiger charge is -2.30. The molecule has 0 aliphatic rings. The number of benzene rings is 3. The Bertz CT molecular complexity index is 2110. The Balaban J connectivity index is 1.52. The van der Waals surface area contributed by atoms with Crippen LogP contribution in [0, 0.1) is 0 Å². The highest BCUT2D eigenvalue weighted by atomic mass is 32.2. The summed E-state index contributed by atoms with van der Waals surface area (Å²) in [7, 11) is -3.77. The average Bonchev–Trinajstić information content (AvgIpc) is 3.81. The normalized spacial score (nSPS) is 14.2. The van der Waals surface area contributed by atoms with Gasteiger partial charge in [-0.1, -0.05) is 60.7 Å². The van der Waals surface area contributed by atoms with E-state index in [2.05, 4.69) is 10.3 Å². The number of amides is 2. The van der Waals surface area contributed by atoms with Crippen LogP contribution in [0.1, 0.15) is 45.3 Å². The standard InChI is InChI=1S/C35H32F6N4O6S3/c1-51-33(48)43-30(29(21-8-4-2-5-9-21)22-10-6-3-7-11-22)32(47)44-31(35(39,40)41)27-15-14-26(53-27)25(19-46)45(17-16-34(36,37)38)54(49,50)23-12-13-24-28(18-23)52-20-42-24/h2-15,18,20,25,29-31,46H,16-17,19H2,1H3,(H,43,48)(H,44,47)/t25-,30+,31-/m1/s1. The van der Waals surface area contributed by atoms with Gasteiger partial charge in [-0.15, -0.1) is 22.7 Å². The fraction of sp³-hybridized carbons (Fsp3) is 0.286. The number of rotatable bonds is 14. The largest absolute Gasteiger partial charge is 0.453 e. The molecule has 5 rings (SSSR count). The fourth-order valence-corrected chi connectivity index (χ4v) is 9.44. The number of methoxy groups -OCH3 is 1. The van der Waals surface area contributed by atoms with Gasteiger partial charge in [0.1, 0.15) is 6.04 Å². The van der Waals surface area contributed by atoms with E-state index in [0.717, 1.165) is 36.6 Å². The minimum Gasteiger partial charge on any atom is -0.453 e. The maximum Gasteiger partial charge on any atom is 0.413 e. The molecule has 2 aromatic heterocycles. The van der Waals surface area contributed by atoms with Crippen molar-refractivity contribution in [2.45, 2.75) is 47.7 Å². The molecule has 10 nitrogen and oxygen atoms in total. The zero-order chi connectivity index (χ0) is 39.3. The van der Waals surface area contributed by atoms with Gasteiger partial charge in [0.15, 0.2) is 6.04 Å². The number of thiazole rings is 1. The summed E-state index contributed by atoms with van der Waals surface area (Å²) in [5, 5.41) is 14.7. The highest BCUT2D eigenvalue weighted by Gasteiger charge is 2.46. The first-order valence-corrected chi connectivity index (χ1v) is 19.1. The minimum absolute atomic E-state index is 0.226. The Hall–Kier alpha value is -4.56. The number of halogens is 6. The Morgan fingerprint density at radius 1 is 0.889 bits per heavy atom. The SMILES string of the molecule is COC(=O)N[C@H](C(=O)N[C@H](c1ccc([C@@H](CO)N(CCC(F)(F)F)S(=O)(=O)c2ccc3ncsc3c2)s1)C(F)(F)F)C(c1ccccc1)c1ccccc1. The molecule has 0 aliphatic heterocycles. The number of aliphatic hydroxyl groups is 1. The van der Waals surface area contributed by atoms with Gasteiger partial charge in [-0.2, -0.15) is 30.6 Å². The summed E-state index contributed by atoms with van der Waals surface area (Å²) in [4.78, 5) is 29.3. The van der Waals surface area contributed by atoms with E-state index in [0.29, 0.717) is 37.0 Å². The molecule has 0 aliphatic carbocycles. The van der Waals surface area contributed by atoms with Crippen LogP contribution in [0.3, 0.4) is 0 Å². The quantitative estimate of drug-likeness (QED) is 0.100. The number of thiophene rings is 1. The van der Waals surface area contributed by atoms with Crippen LogP contribution in [0.2, 0.25) is 0 Å². The molecule has 0 unspecified atom stereocenters. The molecular formula is C35H32F6N4O6S3. The van der Waals surface area contributed by atoms with Crippen molar-refractivity contribution < 1.29 is 54.2 Å². The maximum absolute atomic E-state index is 14.8. The number of hydrogen-bond donors (Lipinski definition) is 3. The van der Waals surface area contributed by atoms with Crippen molar-refractivity contribution >= 4 is 54.9 Å². The molecule has 54 heavy (non-hydrogen) atoms. The van der Waals surface area contributed by atoms with Crippen molar-refractivity contribution in [1.29, 1.82) is 0 Å². The smallest absolute Gasteiger partial charge is 0.413 e. The van der Waals surface area contributed by atoms with Gasteiger partial charge in [-0.05, 0) is 41.5 Å². The van der Waals surface area contributed by atoms with Gasteiger partial charge >= 0.3 is 18.4 Å². The van der Waals surface area contributed by atoms with Crippen LogP contribution in [-0.4, -0.2) is 73.5 Å². The molecule has 2 amide bonds. The van der Waals surface area contributed by atoms with Crippen molar-refractivity contribution in [3.8, 4) is 0 Å². The predicted molar refractivity (Wildman–Crippen MR) is 189 cm³/mol. The van der Waals surface area contributed by atoms with E-state index < -0.39 is 87.8 Å². The van der Waals surface area contributed by atoms with Crippen LogP contribution in [0.15, 0.2) is 101 Å². The van der Waals surface area contributed by atoms with E-state index in [1.165, 1.54) is 17.6 Å². The van der Waals surface area contributed by atoms with Crippen molar-refractivity contribution in [3.63, 3.8) is 0 Å². The number of hydrogen-bond acceptors (Lipinski definition) is 9. The van der Waals surface area contributed by atoms with Crippen molar-refractivity contribution in [2.24, 2.45) is 0 Å². The summed E-state index contributed by atoms with van der Waals surface area (Å²) in [5.74, 6) is -2.27. The van der Waals surface area contributed by atoms with Gasteiger partial charge in [-0.3, -0.25) is 4.79 Å². The Morgan fingerprint density at radius 2 is 1.50 bits per heavy atom. The second-order valence-electron chi connectivity index (χ2n) is 11.8. The molecule has 0 radical (unpaired) electrons. The number of nitrogens with one attached hydrogen (secondary N) is 2. The van der Waals surface area contributed by atoms with Gasteiger partial charge in [0, 0.05) is 22.2 Å². The summed E-state index contributed by atoms with van der Waals surface area (Å²) in [6, 6.07) is 16.1. The second kappa shape index (κ2) is 16.8. The third kappa shape index (κ3) is 9.56. The molecule has 3 aromatic carbocycles. The number of sulfonamides is 1. The molecule has 0 saturated carbocycles. The van der Waals surface area contributed by atoms with Crippen LogP contribution in [0.25, 0.3) is 10.2 Å². The Kier molecular flexibility index (Phi) is 12.7. The van der Waals surface area contributed by atoms with Crippen LogP contribution < -0.4 is 10.6 Å². The summed E-state index contributed by atoms with van der Waals surface area (Å²) in [6.45, 7) is -2.25. The summed E-state index contributed by atoms with van der Waals surface area (Å²) >= 11 is 1.43. The lowest BCUT2D eigenvalue weighted by atomic mass is 9.84. The molecule has 3 atom stereocenters. The molecule has 19 heteroatoms. The van der Waals surface area contributed by atoms with E-state index in [1.807, 2.05) is 5.32 Å². The van der Waals surface area contributed by atoms with Gasteiger partial charge in [-0.25, -0.2) is 18.2 Å². The monoisotopic (exact) mass is 814 g/mol. The lowest BCUT2D eigenvalue weighted by molar-refractivity contribution is -0.163. The molecule has 0 fully saturated rings. The minimum atomic E-state index is -5.16. The first kappa shape index (κ1) is 40.6. The first-order valence-electron chi connectivity index (χ1n) is 16.0. The molecule has 3 N–H and O–H groups in total. The Morgan fingerprint density at radius 3 is 2.06 bits per heavy atom. The highest BCUT2D eigenvalue weighted by molar-refractivity contribution is 7.89. The zero-order valence-electron chi connectivity index (χ0n) is 28.0. The second-order valence-corrected chi connectivity index (χ2v) is 15.7. The van der Waals surface area contributed by atoms with Crippen LogP contribution in [-0.2, 0) is 19.6 Å². The van der Waals surface area contributed by atoms with Gasteiger partial charge in [0.05, 0.1) is 46.8 Å². The van der Waals surface area contributed by atoms with E-state index in [4.69, 9.17) is 4.74 Å². The van der Waals surface area contributed by atoms with Crippen LogP contribution >= 0.6 is 22.7 Å².